The maximum absolute atomic E-state index is 12.8. The van der Waals surface area contributed by atoms with Crippen molar-refractivity contribution in [3.05, 3.63) is 64.7 Å². The summed E-state index contributed by atoms with van der Waals surface area (Å²) in [5.74, 6) is -0.185. The lowest BCUT2D eigenvalue weighted by Crippen LogP contribution is -2.39. The SMILES string of the molecule is CC(C)c1ccccc1NC(=O)C1(C(=O)NCc2ccccc2Cl)CC1. The van der Waals surface area contributed by atoms with E-state index < -0.39 is 5.41 Å². The molecule has 1 aliphatic rings. The van der Waals surface area contributed by atoms with Crippen LogP contribution in [-0.4, -0.2) is 11.8 Å². The highest BCUT2D eigenvalue weighted by Gasteiger charge is 2.56. The molecule has 0 spiro atoms. The van der Waals surface area contributed by atoms with E-state index in [0.29, 0.717) is 24.4 Å². The van der Waals surface area contributed by atoms with E-state index in [9.17, 15) is 9.59 Å². The van der Waals surface area contributed by atoms with Crippen molar-refractivity contribution in [2.75, 3.05) is 5.32 Å². The molecule has 0 radical (unpaired) electrons. The van der Waals surface area contributed by atoms with E-state index in [-0.39, 0.29) is 17.7 Å². The minimum atomic E-state index is -0.967. The summed E-state index contributed by atoms with van der Waals surface area (Å²) in [5, 5.41) is 6.43. The second-order valence-electron chi connectivity index (χ2n) is 7.05. The zero-order valence-corrected chi connectivity index (χ0v) is 15.8. The molecule has 4 nitrogen and oxygen atoms in total. The monoisotopic (exact) mass is 370 g/mol. The predicted octanol–water partition coefficient (Wildman–Crippen LogP) is 4.50. The first kappa shape index (κ1) is 18.5. The third-order valence-electron chi connectivity index (χ3n) is 4.85. The van der Waals surface area contributed by atoms with E-state index in [4.69, 9.17) is 11.6 Å². The fourth-order valence-electron chi connectivity index (χ4n) is 3.02. The van der Waals surface area contributed by atoms with Crippen LogP contribution in [0.25, 0.3) is 0 Å². The van der Waals surface area contributed by atoms with Crippen molar-refractivity contribution >= 4 is 29.1 Å². The molecule has 0 saturated heterocycles. The molecule has 1 saturated carbocycles. The lowest BCUT2D eigenvalue weighted by molar-refractivity contribution is -0.134. The molecule has 1 aliphatic carbocycles. The topological polar surface area (TPSA) is 58.2 Å². The van der Waals surface area contributed by atoms with Crippen molar-refractivity contribution in [2.45, 2.75) is 39.2 Å². The van der Waals surface area contributed by atoms with Gasteiger partial charge in [0.1, 0.15) is 5.41 Å². The molecular formula is C21H23ClN2O2. The van der Waals surface area contributed by atoms with Crippen molar-refractivity contribution < 1.29 is 9.59 Å². The van der Waals surface area contributed by atoms with Crippen LogP contribution in [0.2, 0.25) is 5.02 Å². The molecule has 2 aromatic carbocycles. The number of nitrogens with one attached hydrogen (secondary N) is 2. The Morgan fingerprint density at radius 2 is 1.69 bits per heavy atom. The molecule has 0 unspecified atom stereocenters. The normalized spacial score (nSPS) is 14.8. The molecule has 0 aromatic heterocycles. The molecule has 2 N–H and O–H groups in total. The van der Waals surface area contributed by atoms with Gasteiger partial charge in [0.25, 0.3) is 0 Å². The van der Waals surface area contributed by atoms with Crippen LogP contribution >= 0.6 is 11.6 Å². The molecule has 0 atom stereocenters. The van der Waals surface area contributed by atoms with Gasteiger partial charge in [0, 0.05) is 17.3 Å². The largest absolute Gasteiger partial charge is 0.351 e. The zero-order chi connectivity index (χ0) is 18.7. The number of carbonyl (C=O) groups excluding carboxylic acids is 2. The fourth-order valence-corrected chi connectivity index (χ4v) is 3.23. The van der Waals surface area contributed by atoms with Crippen LogP contribution in [0.5, 0.6) is 0 Å². The summed E-state index contributed by atoms with van der Waals surface area (Å²) in [7, 11) is 0. The van der Waals surface area contributed by atoms with Gasteiger partial charge in [0.2, 0.25) is 11.8 Å². The second-order valence-corrected chi connectivity index (χ2v) is 7.46. The highest BCUT2D eigenvalue weighted by atomic mass is 35.5. The fraction of sp³-hybridized carbons (Fsp3) is 0.333. The van der Waals surface area contributed by atoms with Gasteiger partial charge in [-0.25, -0.2) is 0 Å². The van der Waals surface area contributed by atoms with Crippen molar-refractivity contribution in [1.29, 1.82) is 0 Å². The lowest BCUT2D eigenvalue weighted by Gasteiger charge is -2.18. The maximum Gasteiger partial charge on any atom is 0.240 e. The first-order valence-electron chi connectivity index (χ1n) is 8.86. The average Bonchev–Trinajstić information content (AvgIpc) is 3.43. The van der Waals surface area contributed by atoms with Crippen LogP contribution in [0.1, 0.15) is 43.7 Å². The number of hydrogen-bond acceptors (Lipinski definition) is 2. The second kappa shape index (κ2) is 7.50. The number of benzene rings is 2. The summed E-state index contributed by atoms with van der Waals surface area (Å²) in [4.78, 5) is 25.4. The van der Waals surface area contributed by atoms with Gasteiger partial charge < -0.3 is 10.6 Å². The highest BCUT2D eigenvalue weighted by Crippen LogP contribution is 2.47. The van der Waals surface area contributed by atoms with Crippen LogP contribution in [0, 0.1) is 5.41 Å². The lowest BCUT2D eigenvalue weighted by atomic mass is 9.99. The summed E-state index contributed by atoms with van der Waals surface area (Å²) in [6.07, 6.45) is 1.13. The Morgan fingerprint density at radius 3 is 2.35 bits per heavy atom. The number of halogens is 1. The van der Waals surface area contributed by atoms with Gasteiger partial charge in [0.15, 0.2) is 0 Å². The van der Waals surface area contributed by atoms with E-state index in [2.05, 4.69) is 24.5 Å². The van der Waals surface area contributed by atoms with Crippen LogP contribution in [-0.2, 0) is 16.1 Å². The van der Waals surface area contributed by atoms with E-state index >= 15 is 0 Å². The van der Waals surface area contributed by atoms with E-state index in [1.54, 1.807) is 6.07 Å². The molecule has 26 heavy (non-hydrogen) atoms. The third kappa shape index (κ3) is 3.75. The van der Waals surface area contributed by atoms with Gasteiger partial charge in [-0.15, -0.1) is 0 Å². The molecule has 1 fully saturated rings. The Morgan fingerprint density at radius 1 is 1.04 bits per heavy atom. The Kier molecular flexibility index (Phi) is 5.33. The summed E-state index contributed by atoms with van der Waals surface area (Å²) in [6, 6.07) is 15.1. The van der Waals surface area contributed by atoms with Crippen molar-refractivity contribution in [1.82, 2.24) is 5.32 Å². The summed E-state index contributed by atoms with van der Waals surface area (Å²) in [6.45, 7) is 4.47. The molecule has 3 rings (SSSR count). The van der Waals surface area contributed by atoms with Crippen molar-refractivity contribution in [3.63, 3.8) is 0 Å². The first-order valence-corrected chi connectivity index (χ1v) is 9.24. The number of hydrogen-bond donors (Lipinski definition) is 2. The number of anilines is 1. The van der Waals surface area contributed by atoms with Gasteiger partial charge in [-0.05, 0) is 42.0 Å². The van der Waals surface area contributed by atoms with Gasteiger partial charge >= 0.3 is 0 Å². The first-order chi connectivity index (χ1) is 12.4. The van der Waals surface area contributed by atoms with E-state index in [0.717, 1.165) is 16.8 Å². The molecule has 0 heterocycles. The van der Waals surface area contributed by atoms with Gasteiger partial charge in [-0.2, -0.15) is 0 Å². The number of amides is 2. The van der Waals surface area contributed by atoms with Crippen LogP contribution in [0.3, 0.4) is 0 Å². The summed E-state index contributed by atoms with van der Waals surface area (Å²) >= 11 is 6.12. The van der Waals surface area contributed by atoms with Gasteiger partial charge in [-0.3, -0.25) is 9.59 Å². The summed E-state index contributed by atoms with van der Waals surface area (Å²) in [5.41, 5.74) is 1.71. The van der Waals surface area contributed by atoms with Crippen molar-refractivity contribution in [2.24, 2.45) is 5.41 Å². The molecule has 2 amide bonds. The van der Waals surface area contributed by atoms with Crippen molar-refractivity contribution in [3.8, 4) is 0 Å². The maximum atomic E-state index is 12.8. The molecule has 0 aliphatic heterocycles. The number of rotatable bonds is 6. The van der Waals surface area contributed by atoms with Crippen LogP contribution < -0.4 is 10.6 Å². The Balaban J connectivity index is 1.67. The number of carbonyl (C=O) groups is 2. The van der Waals surface area contributed by atoms with Crippen LogP contribution in [0.4, 0.5) is 5.69 Å². The molecule has 136 valence electrons. The smallest absolute Gasteiger partial charge is 0.240 e. The zero-order valence-electron chi connectivity index (χ0n) is 15.0. The third-order valence-corrected chi connectivity index (χ3v) is 5.22. The Hall–Kier alpha value is -2.33. The summed E-state index contributed by atoms with van der Waals surface area (Å²) < 4.78 is 0. The predicted molar refractivity (Wildman–Crippen MR) is 104 cm³/mol. The van der Waals surface area contributed by atoms with Gasteiger partial charge in [-0.1, -0.05) is 61.8 Å². The molecule has 5 heteroatoms. The Bertz CT molecular complexity index is 828. The molecule has 0 bridgehead atoms. The highest BCUT2D eigenvalue weighted by molar-refractivity contribution is 6.31. The minimum absolute atomic E-state index is 0.234. The average molecular weight is 371 g/mol. The standard InChI is InChI=1S/C21H23ClN2O2/c1-14(2)16-8-4-6-10-18(16)24-20(26)21(11-12-21)19(25)23-13-15-7-3-5-9-17(15)22/h3-10,14H,11-13H2,1-2H3,(H,23,25)(H,24,26). The van der Waals surface area contributed by atoms with Gasteiger partial charge in [0.05, 0.1) is 0 Å². The molecular weight excluding hydrogens is 348 g/mol. The van der Waals surface area contributed by atoms with Crippen LogP contribution in [0.15, 0.2) is 48.5 Å². The minimum Gasteiger partial charge on any atom is -0.351 e. The number of para-hydroxylation sites is 1. The quantitative estimate of drug-likeness (QED) is 0.735. The van der Waals surface area contributed by atoms with E-state index in [1.807, 2.05) is 42.5 Å². The Labute approximate surface area is 158 Å². The van der Waals surface area contributed by atoms with E-state index in [1.165, 1.54) is 0 Å². The molecule has 2 aromatic rings.